The van der Waals surface area contributed by atoms with Crippen LogP contribution in [0.3, 0.4) is 0 Å². The normalized spacial score (nSPS) is 14.7. The molecule has 0 amide bonds. The average Bonchev–Trinajstić information content (AvgIpc) is 2.97. The smallest absolute Gasteiger partial charge is 0.363 e. The number of halogens is 2. The van der Waals surface area contributed by atoms with Gasteiger partial charge in [-0.15, -0.1) is 0 Å². The predicted octanol–water partition coefficient (Wildman–Crippen LogP) is 4.27. The summed E-state index contributed by atoms with van der Waals surface area (Å²) in [4.78, 5) is 27.6. The molecule has 138 valence electrons. The molecule has 0 aliphatic carbocycles. The third kappa shape index (κ3) is 4.30. The van der Waals surface area contributed by atoms with Crippen LogP contribution in [0.25, 0.3) is 6.08 Å². The SMILES string of the molecule is COc1ccc(C=C2N=C(c3cc(Cl)ccc3Cl)OC2=O)cc1OC(C)=O. The van der Waals surface area contributed by atoms with Crippen LogP contribution in [0, 0.1) is 0 Å². The summed E-state index contributed by atoms with van der Waals surface area (Å²) in [6, 6.07) is 9.63. The summed E-state index contributed by atoms with van der Waals surface area (Å²) in [5, 5.41) is 0.792. The summed E-state index contributed by atoms with van der Waals surface area (Å²) in [7, 11) is 1.46. The number of esters is 2. The second kappa shape index (κ2) is 7.82. The topological polar surface area (TPSA) is 74.2 Å². The minimum atomic E-state index is -0.633. The van der Waals surface area contributed by atoms with Crippen LogP contribution >= 0.6 is 23.2 Å². The lowest BCUT2D eigenvalue weighted by molar-refractivity contribution is -0.132. The van der Waals surface area contributed by atoms with Crippen LogP contribution in [0.15, 0.2) is 47.1 Å². The van der Waals surface area contributed by atoms with Crippen LogP contribution < -0.4 is 9.47 Å². The van der Waals surface area contributed by atoms with E-state index in [1.54, 1.807) is 36.4 Å². The second-order valence-electron chi connectivity index (χ2n) is 5.46. The summed E-state index contributed by atoms with van der Waals surface area (Å²) < 4.78 is 15.5. The van der Waals surface area contributed by atoms with Crippen LogP contribution in [0.1, 0.15) is 18.1 Å². The Bertz CT molecular complexity index is 998. The fraction of sp³-hybridized carbons (Fsp3) is 0.105. The summed E-state index contributed by atoms with van der Waals surface area (Å²) in [5.74, 6) is -0.447. The largest absolute Gasteiger partial charge is 0.493 e. The molecule has 0 aromatic heterocycles. The highest BCUT2D eigenvalue weighted by Crippen LogP contribution is 2.30. The fourth-order valence-electron chi connectivity index (χ4n) is 2.36. The van der Waals surface area contributed by atoms with Gasteiger partial charge in [0.15, 0.2) is 17.2 Å². The van der Waals surface area contributed by atoms with E-state index in [1.807, 2.05) is 0 Å². The van der Waals surface area contributed by atoms with Crippen LogP contribution in [0.4, 0.5) is 0 Å². The van der Waals surface area contributed by atoms with E-state index in [-0.39, 0.29) is 17.3 Å². The van der Waals surface area contributed by atoms with Gasteiger partial charge in [-0.1, -0.05) is 29.3 Å². The van der Waals surface area contributed by atoms with Crippen molar-refractivity contribution < 1.29 is 23.8 Å². The highest BCUT2D eigenvalue weighted by atomic mass is 35.5. The molecule has 0 fully saturated rings. The van der Waals surface area contributed by atoms with Crippen molar-refractivity contribution in [3.05, 3.63) is 63.3 Å². The summed E-state index contributed by atoms with van der Waals surface area (Å²) in [6.07, 6.45) is 1.50. The van der Waals surface area contributed by atoms with Crippen LogP contribution in [-0.2, 0) is 14.3 Å². The van der Waals surface area contributed by atoms with E-state index in [0.29, 0.717) is 26.9 Å². The number of rotatable bonds is 4. The van der Waals surface area contributed by atoms with Gasteiger partial charge in [0.25, 0.3) is 0 Å². The molecule has 2 aromatic carbocycles. The number of hydrogen-bond donors (Lipinski definition) is 0. The minimum absolute atomic E-state index is 0.0625. The molecule has 1 heterocycles. The number of benzene rings is 2. The zero-order chi connectivity index (χ0) is 19.6. The lowest BCUT2D eigenvalue weighted by atomic mass is 10.1. The lowest BCUT2D eigenvalue weighted by Crippen LogP contribution is -2.06. The maximum atomic E-state index is 12.2. The first-order chi connectivity index (χ1) is 12.9. The van der Waals surface area contributed by atoms with Crippen molar-refractivity contribution in [1.29, 1.82) is 0 Å². The number of cyclic esters (lactones) is 1. The van der Waals surface area contributed by atoms with Crippen LogP contribution in [0.5, 0.6) is 11.5 Å². The number of ether oxygens (including phenoxy) is 3. The maximum absolute atomic E-state index is 12.2. The van der Waals surface area contributed by atoms with E-state index in [0.717, 1.165) is 0 Å². The van der Waals surface area contributed by atoms with Gasteiger partial charge in [0.2, 0.25) is 5.90 Å². The third-order valence-corrected chi connectivity index (χ3v) is 4.09. The molecule has 0 saturated carbocycles. The monoisotopic (exact) mass is 405 g/mol. The first-order valence-electron chi connectivity index (χ1n) is 7.72. The van der Waals surface area contributed by atoms with E-state index in [4.69, 9.17) is 37.4 Å². The Morgan fingerprint density at radius 3 is 2.63 bits per heavy atom. The fourth-order valence-corrected chi connectivity index (χ4v) is 2.73. The van der Waals surface area contributed by atoms with Gasteiger partial charge in [0.1, 0.15) is 0 Å². The van der Waals surface area contributed by atoms with Crippen molar-refractivity contribution in [3.8, 4) is 11.5 Å². The highest BCUT2D eigenvalue weighted by molar-refractivity contribution is 6.36. The Labute approximate surface area is 165 Å². The molecule has 8 heteroatoms. The second-order valence-corrected chi connectivity index (χ2v) is 6.31. The molecule has 3 rings (SSSR count). The molecular weight excluding hydrogens is 393 g/mol. The lowest BCUT2D eigenvalue weighted by Gasteiger charge is -2.08. The van der Waals surface area contributed by atoms with Crippen LogP contribution in [0.2, 0.25) is 10.0 Å². The van der Waals surface area contributed by atoms with Crippen molar-refractivity contribution in [2.75, 3.05) is 7.11 Å². The zero-order valence-corrected chi connectivity index (χ0v) is 15.8. The van der Waals surface area contributed by atoms with Gasteiger partial charge in [-0.25, -0.2) is 9.79 Å². The minimum Gasteiger partial charge on any atom is -0.493 e. The molecule has 0 spiro atoms. The molecule has 0 N–H and O–H groups in total. The molecule has 27 heavy (non-hydrogen) atoms. The average molecular weight is 406 g/mol. The van der Waals surface area contributed by atoms with Gasteiger partial charge in [0.05, 0.1) is 17.7 Å². The Kier molecular flexibility index (Phi) is 5.48. The highest BCUT2D eigenvalue weighted by Gasteiger charge is 2.26. The summed E-state index contributed by atoms with van der Waals surface area (Å²) in [5.41, 5.74) is 1.05. The number of carbonyl (C=O) groups excluding carboxylic acids is 2. The van der Waals surface area contributed by atoms with Crippen molar-refractivity contribution >= 4 is 47.1 Å². The van der Waals surface area contributed by atoms with Crippen LogP contribution in [-0.4, -0.2) is 24.9 Å². The third-order valence-electron chi connectivity index (χ3n) is 3.52. The molecular formula is C19H13Cl2NO5. The first kappa shape index (κ1) is 18.9. The number of methoxy groups -OCH3 is 1. The summed E-state index contributed by atoms with van der Waals surface area (Å²) in [6.45, 7) is 1.28. The van der Waals surface area contributed by atoms with Gasteiger partial charge in [-0.3, -0.25) is 4.79 Å². The van der Waals surface area contributed by atoms with E-state index in [2.05, 4.69) is 4.99 Å². The number of nitrogens with zero attached hydrogens (tertiary/aromatic N) is 1. The van der Waals surface area contributed by atoms with Crippen molar-refractivity contribution in [2.45, 2.75) is 6.92 Å². The van der Waals surface area contributed by atoms with E-state index in [9.17, 15) is 9.59 Å². The molecule has 0 atom stereocenters. The number of carbonyl (C=O) groups is 2. The van der Waals surface area contributed by atoms with E-state index in [1.165, 1.54) is 20.1 Å². The van der Waals surface area contributed by atoms with Crippen molar-refractivity contribution in [2.24, 2.45) is 4.99 Å². The van der Waals surface area contributed by atoms with Gasteiger partial charge < -0.3 is 14.2 Å². The quantitative estimate of drug-likeness (QED) is 0.431. The van der Waals surface area contributed by atoms with Gasteiger partial charge in [-0.2, -0.15) is 0 Å². The molecule has 0 radical (unpaired) electrons. The van der Waals surface area contributed by atoms with Gasteiger partial charge in [0, 0.05) is 11.9 Å². The predicted molar refractivity (Wildman–Crippen MR) is 101 cm³/mol. The summed E-state index contributed by atoms with van der Waals surface area (Å²) >= 11 is 12.1. The Balaban J connectivity index is 1.97. The van der Waals surface area contributed by atoms with Gasteiger partial charge >= 0.3 is 11.9 Å². The Hall–Kier alpha value is -2.83. The molecule has 1 aliphatic rings. The molecule has 0 unspecified atom stereocenters. The zero-order valence-electron chi connectivity index (χ0n) is 14.3. The maximum Gasteiger partial charge on any atom is 0.363 e. The Morgan fingerprint density at radius 2 is 1.93 bits per heavy atom. The molecule has 6 nitrogen and oxygen atoms in total. The van der Waals surface area contributed by atoms with Gasteiger partial charge in [-0.05, 0) is 42.0 Å². The molecule has 1 aliphatic heterocycles. The standard InChI is InChI=1S/C19H13Cl2NO5/c1-10(23)26-17-8-11(3-6-16(17)25-2)7-15-19(24)27-18(22-15)13-9-12(20)4-5-14(13)21/h3-9H,1-2H3. The van der Waals surface area contributed by atoms with E-state index >= 15 is 0 Å². The number of aliphatic imine (C=N–C) groups is 1. The van der Waals surface area contributed by atoms with Crippen molar-refractivity contribution in [1.82, 2.24) is 0 Å². The van der Waals surface area contributed by atoms with Crippen molar-refractivity contribution in [3.63, 3.8) is 0 Å². The molecule has 0 bridgehead atoms. The number of hydrogen-bond acceptors (Lipinski definition) is 6. The molecule has 0 saturated heterocycles. The first-order valence-corrected chi connectivity index (χ1v) is 8.47. The van der Waals surface area contributed by atoms with E-state index < -0.39 is 11.9 Å². The molecule has 2 aromatic rings. The Morgan fingerprint density at radius 1 is 1.15 bits per heavy atom.